The average Bonchev–Trinajstić information content (AvgIpc) is 3.11. The fourth-order valence-corrected chi connectivity index (χ4v) is 5.55. The smallest absolute Gasteiger partial charge is 0.230 e. The highest BCUT2D eigenvalue weighted by atomic mass is 15.1. The van der Waals surface area contributed by atoms with E-state index >= 15 is 0 Å². The number of nitrogens with one attached hydrogen (secondary N) is 1. The Kier molecular flexibility index (Phi) is 14.6. The Morgan fingerprint density at radius 2 is 0.957 bits per heavy atom. The lowest BCUT2D eigenvalue weighted by Crippen LogP contribution is -2.25. The summed E-state index contributed by atoms with van der Waals surface area (Å²) in [5, 5.41) is 0. The highest BCUT2D eigenvalue weighted by molar-refractivity contribution is 5.74. The second-order valence-corrected chi connectivity index (χ2v) is 12.2. The van der Waals surface area contributed by atoms with Crippen LogP contribution < -0.4 is 14.8 Å². The van der Waals surface area contributed by atoms with Gasteiger partial charge in [0.25, 0.3) is 0 Å². The van der Waals surface area contributed by atoms with Gasteiger partial charge in [0.1, 0.15) is 5.69 Å². The van der Waals surface area contributed by atoms with Crippen molar-refractivity contribution in [2.45, 2.75) is 79.1 Å². The first-order valence-electron chi connectivity index (χ1n) is 17.7. The molecule has 0 unspecified atom stereocenters. The molecule has 0 bridgehead atoms. The molecule has 0 aliphatic heterocycles. The molecule has 0 spiro atoms. The van der Waals surface area contributed by atoms with E-state index in [4.69, 9.17) is 0 Å². The minimum absolute atomic E-state index is 0.929. The molecule has 4 rings (SSSR count). The van der Waals surface area contributed by atoms with Crippen molar-refractivity contribution in [3.63, 3.8) is 0 Å². The fourth-order valence-electron chi connectivity index (χ4n) is 5.55. The lowest BCUT2D eigenvalue weighted by molar-refractivity contribution is -0.364. The topological polar surface area (TPSA) is 33.5 Å². The van der Waals surface area contributed by atoms with E-state index < -0.39 is 0 Å². The Morgan fingerprint density at radius 3 is 1.41 bits per heavy atom. The molecule has 0 amide bonds. The molecular weight excluding hydrogens is 560 g/mol. The average molecular weight is 616 g/mol. The Morgan fingerprint density at radius 1 is 0.522 bits per heavy atom. The number of hydrogen-bond acceptors (Lipinski definition) is 3. The van der Waals surface area contributed by atoms with E-state index in [1.165, 1.54) is 73.9 Å². The summed E-state index contributed by atoms with van der Waals surface area (Å²) < 4.78 is 0. The van der Waals surface area contributed by atoms with E-state index in [2.05, 4.69) is 145 Å². The first-order valence-corrected chi connectivity index (χ1v) is 17.7. The van der Waals surface area contributed by atoms with Crippen molar-refractivity contribution >= 4 is 35.7 Å². The van der Waals surface area contributed by atoms with E-state index in [1.807, 2.05) is 12.4 Å². The fraction of sp³-hybridized carbons (Fsp3) is 0.381. The maximum Gasteiger partial charge on any atom is 0.230 e. The largest absolute Gasteiger partial charge is 0.372 e. The van der Waals surface area contributed by atoms with Crippen LogP contribution in [0.2, 0.25) is 0 Å². The van der Waals surface area contributed by atoms with Gasteiger partial charge in [0, 0.05) is 55.9 Å². The monoisotopic (exact) mass is 615 g/mol. The zero-order valence-electron chi connectivity index (χ0n) is 28.7. The van der Waals surface area contributed by atoms with Crippen molar-refractivity contribution in [1.82, 2.24) is 4.98 Å². The Hall–Kier alpha value is -4.18. The van der Waals surface area contributed by atoms with E-state index in [0.717, 1.165) is 48.7 Å². The highest BCUT2D eigenvalue weighted by Crippen LogP contribution is 2.22. The Labute approximate surface area is 278 Å². The molecule has 2 aromatic heterocycles. The van der Waals surface area contributed by atoms with Gasteiger partial charge in [0.2, 0.25) is 5.69 Å². The van der Waals surface area contributed by atoms with Crippen LogP contribution in [0.25, 0.3) is 35.7 Å². The lowest BCUT2D eigenvalue weighted by Gasteiger charge is -2.24. The quantitative estimate of drug-likeness (QED) is 0.105. The molecule has 46 heavy (non-hydrogen) atoms. The molecule has 0 fully saturated rings. The Bertz CT molecular complexity index is 1360. The maximum atomic E-state index is 4.67. The second kappa shape index (κ2) is 19.4. The van der Waals surface area contributed by atoms with E-state index in [9.17, 15) is 0 Å². The summed E-state index contributed by atoms with van der Waals surface area (Å²) in [4.78, 5) is 13.1. The summed E-state index contributed by atoms with van der Waals surface area (Å²) in [6.45, 7) is 13.6. The van der Waals surface area contributed by atoms with Gasteiger partial charge in [-0.3, -0.25) is 0 Å². The van der Waals surface area contributed by atoms with Crippen molar-refractivity contribution in [1.29, 1.82) is 0 Å². The summed E-state index contributed by atoms with van der Waals surface area (Å²) in [7, 11) is 0. The van der Waals surface area contributed by atoms with Gasteiger partial charge in [-0.05, 0) is 84.3 Å². The van der Waals surface area contributed by atoms with Crippen LogP contribution in [-0.4, -0.2) is 31.2 Å². The minimum Gasteiger partial charge on any atom is -0.372 e. The van der Waals surface area contributed by atoms with E-state index in [1.54, 1.807) is 0 Å². The normalized spacial score (nSPS) is 11.5. The van der Waals surface area contributed by atoms with Gasteiger partial charge >= 0.3 is 0 Å². The molecule has 0 radical (unpaired) electrons. The SMILES string of the molecule is CCCCN(CCCC)c1ccc(/C=C/c2ccnc(-c3cc(/C=C/c4ccc(N(CCCC)CCCC)cc4)cc[nH+]3)c2)cc1. The number of aromatic amines is 1. The third kappa shape index (κ3) is 11.0. The number of H-pyrrole nitrogens is 1. The first-order chi connectivity index (χ1) is 22.6. The predicted molar refractivity (Wildman–Crippen MR) is 201 cm³/mol. The number of aromatic nitrogens is 2. The van der Waals surface area contributed by atoms with Gasteiger partial charge in [-0.15, -0.1) is 0 Å². The molecule has 0 saturated carbocycles. The van der Waals surface area contributed by atoms with Gasteiger partial charge in [-0.2, -0.15) is 0 Å². The summed E-state index contributed by atoms with van der Waals surface area (Å²) in [6.07, 6.45) is 22.4. The summed E-state index contributed by atoms with van der Waals surface area (Å²) in [6, 6.07) is 26.4. The molecule has 0 atom stereocenters. The van der Waals surface area contributed by atoms with Crippen molar-refractivity contribution < 1.29 is 4.98 Å². The van der Waals surface area contributed by atoms with Crippen LogP contribution >= 0.6 is 0 Å². The molecule has 0 saturated heterocycles. The van der Waals surface area contributed by atoms with Crippen LogP contribution in [-0.2, 0) is 0 Å². The van der Waals surface area contributed by atoms with Crippen molar-refractivity contribution in [3.05, 3.63) is 107 Å². The molecular formula is C42H55N4+. The van der Waals surface area contributed by atoms with E-state index in [-0.39, 0.29) is 0 Å². The lowest BCUT2D eigenvalue weighted by atomic mass is 10.1. The van der Waals surface area contributed by atoms with Crippen LogP contribution in [0.4, 0.5) is 11.4 Å². The molecule has 0 aliphatic rings. The van der Waals surface area contributed by atoms with Crippen LogP contribution in [0.3, 0.4) is 0 Å². The van der Waals surface area contributed by atoms with Gasteiger partial charge < -0.3 is 9.80 Å². The van der Waals surface area contributed by atoms with Crippen LogP contribution in [0.1, 0.15) is 101 Å². The number of hydrogen-bond donors (Lipinski definition) is 0. The molecule has 2 aromatic carbocycles. The third-order valence-corrected chi connectivity index (χ3v) is 8.46. The van der Waals surface area contributed by atoms with Crippen LogP contribution in [0.5, 0.6) is 0 Å². The zero-order valence-corrected chi connectivity index (χ0v) is 28.7. The number of rotatable bonds is 19. The number of unbranched alkanes of at least 4 members (excludes halogenated alkanes) is 4. The molecule has 4 heteroatoms. The van der Waals surface area contributed by atoms with Gasteiger partial charge in [0.15, 0.2) is 6.20 Å². The Balaban J connectivity index is 1.41. The molecule has 4 aromatic rings. The first kappa shape index (κ1) is 34.7. The molecule has 1 N–H and O–H groups in total. The number of nitrogens with zero attached hydrogens (tertiary/aromatic N) is 3. The molecule has 242 valence electrons. The number of anilines is 2. The standard InChI is InChI=1S/C42H54N4/c1-5-9-29-45(30-10-6-2)39-21-17-35(18-22-39)13-15-37-25-27-43-41(33-37)42-34-38(26-28-44-42)16-14-36-19-23-40(24-20-36)46(31-11-7-3)32-12-8-4/h13-28,33-34H,5-12,29-32H2,1-4H3/p+1/b15-13+,16-14+. The third-order valence-electron chi connectivity index (χ3n) is 8.46. The second-order valence-electron chi connectivity index (χ2n) is 12.2. The molecule has 0 aliphatic carbocycles. The molecule has 4 nitrogen and oxygen atoms in total. The van der Waals surface area contributed by atoms with Crippen LogP contribution in [0.15, 0.2) is 85.2 Å². The van der Waals surface area contributed by atoms with Crippen molar-refractivity contribution in [2.75, 3.05) is 36.0 Å². The highest BCUT2D eigenvalue weighted by Gasteiger charge is 2.09. The summed E-state index contributed by atoms with van der Waals surface area (Å²) in [5.41, 5.74) is 9.25. The number of benzene rings is 2. The van der Waals surface area contributed by atoms with Gasteiger partial charge in [0.05, 0.1) is 0 Å². The van der Waals surface area contributed by atoms with Gasteiger partial charge in [-0.1, -0.05) is 102 Å². The van der Waals surface area contributed by atoms with E-state index in [0.29, 0.717) is 0 Å². The summed E-state index contributed by atoms with van der Waals surface area (Å²) in [5.74, 6) is 0. The zero-order chi connectivity index (χ0) is 32.4. The number of pyridine rings is 2. The minimum atomic E-state index is 0.929. The van der Waals surface area contributed by atoms with Crippen LogP contribution in [0, 0.1) is 0 Å². The van der Waals surface area contributed by atoms with Gasteiger partial charge in [-0.25, -0.2) is 9.97 Å². The molecule has 2 heterocycles. The summed E-state index contributed by atoms with van der Waals surface area (Å²) >= 11 is 0. The van der Waals surface area contributed by atoms with Crippen molar-refractivity contribution in [3.8, 4) is 11.4 Å². The maximum absolute atomic E-state index is 4.67. The predicted octanol–water partition coefficient (Wildman–Crippen LogP) is 10.7. The van der Waals surface area contributed by atoms with Crippen molar-refractivity contribution in [2.24, 2.45) is 0 Å².